The van der Waals surface area contributed by atoms with Crippen molar-refractivity contribution in [2.24, 2.45) is 0 Å². The van der Waals surface area contributed by atoms with Gasteiger partial charge in [-0.25, -0.2) is 8.42 Å². The highest BCUT2D eigenvalue weighted by molar-refractivity contribution is 8.01. The summed E-state index contributed by atoms with van der Waals surface area (Å²) in [6.07, 6.45) is 1.48. The van der Waals surface area contributed by atoms with E-state index in [1.807, 2.05) is 0 Å². The zero-order valence-electron chi connectivity index (χ0n) is 5.10. The molecule has 1 aliphatic rings. The summed E-state index contributed by atoms with van der Waals surface area (Å²) < 4.78 is 22.3. The summed E-state index contributed by atoms with van der Waals surface area (Å²) in [6.45, 7) is 0. The lowest BCUT2D eigenvalue weighted by Gasteiger charge is -2.07. The standard InChI is InChI=1S/C4H7NO3S2/c6-3-5(9)10(7,8)4-1-2-4/h3-4,9H,1-2H2. The largest absolute Gasteiger partial charge is 0.277 e. The summed E-state index contributed by atoms with van der Waals surface area (Å²) in [6, 6.07) is 0. The average molecular weight is 181 g/mol. The number of hydrogen-bond donors (Lipinski definition) is 1. The van der Waals surface area contributed by atoms with Crippen LogP contribution in [0.3, 0.4) is 0 Å². The number of amides is 1. The van der Waals surface area contributed by atoms with Crippen LogP contribution in [-0.4, -0.2) is 23.8 Å². The first-order valence-electron chi connectivity index (χ1n) is 2.76. The molecule has 0 unspecified atom stereocenters. The molecule has 10 heavy (non-hydrogen) atoms. The Morgan fingerprint density at radius 2 is 2.00 bits per heavy atom. The normalized spacial score (nSPS) is 18.5. The van der Waals surface area contributed by atoms with Crippen molar-refractivity contribution in [3.05, 3.63) is 0 Å². The van der Waals surface area contributed by atoms with E-state index >= 15 is 0 Å². The predicted molar refractivity (Wildman–Crippen MR) is 38.8 cm³/mol. The molecule has 0 aliphatic heterocycles. The number of carbonyl (C=O) groups is 1. The lowest BCUT2D eigenvalue weighted by molar-refractivity contribution is -0.111. The Balaban J connectivity index is 2.76. The van der Waals surface area contributed by atoms with Crippen molar-refractivity contribution in [1.82, 2.24) is 3.71 Å². The van der Waals surface area contributed by atoms with E-state index in [-0.39, 0.29) is 11.7 Å². The van der Waals surface area contributed by atoms with E-state index in [1.54, 1.807) is 0 Å². The summed E-state index contributed by atoms with van der Waals surface area (Å²) in [5.41, 5.74) is 0. The molecule has 58 valence electrons. The molecule has 1 aliphatic carbocycles. The lowest BCUT2D eigenvalue weighted by atomic mass is 11.0. The van der Waals surface area contributed by atoms with Gasteiger partial charge in [-0.15, -0.1) is 0 Å². The van der Waals surface area contributed by atoms with Crippen LogP contribution in [0.2, 0.25) is 0 Å². The molecule has 1 amide bonds. The maximum atomic E-state index is 10.9. The van der Waals surface area contributed by atoms with Gasteiger partial charge in [0.05, 0.1) is 5.25 Å². The van der Waals surface area contributed by atoms with Gasteiger partial charge < -0.3 is 0 Å². The summed E-state index contributed by atoms with van der Waals surface area (Å²) in [5.74, 6) is 0. The van der Waals surface area contributed by atoms with Crippen molar-refractivity contribution in [2.45, 2.75) is 18.1 Å². The van der Waals surface area contributed by atoms with Crippen molar-refractivity contribution in [2.75, 3.05) is 0 Å². The van der Waals surface area contributed by atoms with Gasteiger partial charge in [0.15, 0.2) is 0 Å². The number of sulfonamides is 1. The SMILES string of the molecule is O=CN(S)S(=O)(=O)C1CC1. The maximum absolute atomic E-state index is 10.9. The zero-order chi connectivity index (χ0) is 7.78. The Hall–Kier alpha value is -0.230. The Kier molecular flexibility index (Phi) is 1.91. The molecular weight excluding hydrogens is 174 g/mol. The molecule has 0 aromatic heterocycles. The molecule has 0 spiro atoms. The van der Waals surface area contributed by atoms with E-state index in [0.29, 0.717) is 16.6 Å². The smallest absolute Gasteiger partial charge is 0.249 e. The molecule has 0 atom stereocenters. The van der Waals surface area contributed by atoms with Crippen LogP contribution in [-0.2, 0) is 14.8 Å². The first-order valence-corrected chi connectivity index (χ1v) is 4.67. The fraction of sp³-hybridized carbons (Fsp3) is 0.750. The van der Waals surface area contributed by atoms with Gasteiger partial charge in [0.2, 0.25) is 16.4 Å². The molecular formula is C4H7NO3S2. The average Bonchev–Trinajstić information content (AvgIpc) is 2.66. The summed E-state index contributed by atoms with van der Waals surface area (Å²) in [5, 5.41) is -0.366. The Morgan fingerprint density at radius 1 is 1.50 bits per heavy atom. The Bertz CT molecular complexity index is 231. The predicted octanol–water partition coefficient (Wildman–Crippen LogP) is -0.218. The number of hydrogen-bond acceptors (Lipinski definition) is 4. The summed E-state index contributed by atoms with van der Waals surface area (Å²) >= 11 is 3.47. The molecule has 0 aromatic carbocycles. The second kappa shape index (κ2) is 2.43. The second-order valence-corrected chi connectivity index (χ2v) is 4.91. The first-order chi connectivity index (χ1) is 4.59. The van der Waals surface area contributed by atoms with Gasteiger partial charge in [0.25, 0.3) is 0 Å². The van der Waals surface area contributed by atoms with E-state index < -0.39 is 10.0 Å². The molecule has 1 fully saturated rings. The van der Waals surface area contributed by atoms with Crippen molar-refractivity contribution in [3.63, 3.8) is 0 Å². The highest BCUT2D eigenvalue weighted by Crippen LogP contribution is 2.30. The van der Waals surface area contributed by atoms with E-state index in [4.69, 9.17) is 0 Å². The number of rotatable bonds is 3. The third-order valence-corrected chi connectivity index (χ3v) is 4.00. The van der Waals surface area contributed by atoms with Crippen LogP contribution in [0, 0.1) is 0 Å². The van der Waals surface area contributed by atoms with Crippen LogP contribution in [0.5, 0.6) is 0 Å². The van der Waals surface area contributed by atoms with Gasteiger partial charge in [-0.05, 0) is 25.7 Å². The second-order valence-electron chi connectivity index (χ2n) is 2.12. The molecule has 0 saturated heterocycles. The zero-order valence-corrected chi connectivity index (χ0v) is 6.81. The molecule has 6 heteroatoms. The van der Waals surface area contributed by atoms with Gasteiger partial charge in [-0.2, -0.15) is 3.71 Å². The number of nitrogens with zero attached hydrogens (tertiary/aromatic N) is 1. The maximum Gasteiger partial charge on any atom is 0.249 e. The van der Waals surface area contributed by atoms with Gasteiger partial charge >= 0.3 is 0 Å². The van der Waals surface area contributed by atoms with Crippen molar-refractivity contribution >= 4 is 29.2 Å². The van der Waals surface area contributed by atoms with Crippen LogP contribution in [0.15, 0.2) is 0 Å². The first kappa shape index (κ1) is 7.87. The van der Waals surface area contributed by atoms with E-state index in [9.17, 15) is 13.2 Å². The third-order valence-electron chi connectivity index (χ3n) is 1.30. The van der Waals surface area contributed by atoms with Gasteiger partial charge in [-0.1, -0.05) is 0 Å². The highest BCUT2D eigenvalue weighted by atomic mass is 32.3. The fourth-order valence-corrected chi connectivity index (χ4v) is 2.14. The van der Waals surface area contributed by atoms with Crippen molar-refractivity contribution in [1.29, 1.82) is 0 Å². The van der Waals surface area contributed by atoms with Crippen LogP contribution in [0.1, 0.15) is 12.8 Å². The van der Waals surface area contributed by atoms with E-state index in [1.165, 1.54) is 0 Å². The molecule has 0 bridgehead atoms. The van der Waals surface area contributed by atoms with Gasteiger partial charge in [-0.3, -0.25) is 4.79 Å². The summed E-state index contributed by atoms with van der Waals surface area (Å²) in [4.78, 5) is 9.95. The molecule has 1 saturated carbocycles. The minimum atomic E-state index is -3.39. The van der Waals surface area contributed by atoms with Crippen LogP contribution < -0.4 is 0 Å². The van der Waals surface area contributed by atoms with E-state index in [2.05, 4.69) is 12.8 Å². The topological polar surface area (TPSA) is 54.5 Å². The monoisotopic (exact) mass is 181 g/mol. The number of carbonyl (C=O) groups excluding carboxylic acids is 1. The summed E-state index contributed by atoms with van der Waals surface area (Å²) in [7, 11) is -3.39. The minimum Gasteiger partial charge on any atom is -0.277 e. The van der Waals surface area contributed by atoms with Gasteiger partial charge in [0.1, 0.15) is 0 Å². The Morgan fingerprint density at radius 3 is 2.30 bits per heavy atom. The fourth-order valence-electron chi connectivity index (χ4n) is 0.579. The Labute approximate surface area is 64.8 Å². The third kappa shape index (κ3) is 1.27. The van der Waals surface area contributed by atoms with E-state index in [0.717, 1.165) is 0 Å². The number of thiol groups is 1. The lowest BCUT2D eigenvalue weighted by Crippen LogP contribution is -2.23. The molecule has 0 aromatic rings. The van der Waals surface area contributed by atoms with Crippen LogP contribution in [0.4, 0.5) is 0 Å². The molecule has 0 radical (unpaired) electrons. The van der Waals surface area contributed by atoms with Crippen LogP contribution >= 0.6 is 12.8 Å². The quantitative estimate of drug-likeness (QED) is 0.484. The van der Waals surface area contributed by atoms with Gasteiger partial charge in [0, 0.05) is 0 Å². The van der Waals surface area contributed by atoms with Crippen LogP contribution in [0.25, 0.3) is 0 Å². The van der Waals surface area contributed by atoms with Crippen molar-refractivity contribution in [3.8, 4) is 0 Å². The molecule has 4 nitrogen and oxygen atoms in total. The minimum absolute atomic E-state index is 0.191. The molecule has 0 N–H and O–H groups in total. The molecule has 1 rings (SSSR count). The highest BCUT2D eigenvalue weighted by Gasteiger charge is 2.38. The van der Waals surface area contributed by atoms with Crippen molar-refractivity contribution < 1.29 is 13.2 Å². The molecule has 0 heterocycles.